The molecular weight excluding hydrogens is 416 g/mol. The molecule has 2 amide bonds. The highest BCUT2D eigenvalue weighted by molar-refractivity contribution is 5.94. The number of nitrogens with zero attached hydrogens (tertiary/aromatic N) is 5. The van der Waals surface area contributed by atoms with Crippen LogP contribution in [0.4, 0.5) is 16.3 Å². The Hall–Kier alpha value is -3.62. The van der Waals surface area contributed by atoms with E-state index in [1.54, 1.807) is 0 Å². The third-order valence-electron chi connectivity index (χ3n) is 6.15. The summed E-state index contributed by atoms with van der Waals surface area (Å²) in [5.74, 6) is 0.706. The number of aliphatic hydroxyl groups excluding tert-OH is 1. The summed E-state index contributed by atoms with van der Waals surface area (Å²) in [7, 11) is 4.03. The number of nitrogens with one attached hydrogen (secondary N) is 1. The summed E-state index contributed by atoms with van der Waals surface area (Å²) >= 11 is 0. The van der Waals surface area contributed by atoms with Crippen LogP contribution in [0.5, 0.6) is 0 Å². The van der Waals surface area contributed by atoms with Gasteiger partial charge in [-0.15, -0.1) is 0 Å². The van der Waals surface area contributed by atoms with Crippen molar-refractivity contribution < 1.29 is 9.90 Å². The lowest BCUT2D eigenvalue weighted by Crippen LogP contribution is -2.36. The molecule has 0 radical (unpaired) electrons. The summed E-state index contributed by atoms with van der Waals surface area (Å²) in [5, 5.41) is 13.6. The molecule has 8 heteroatoms. The number of rotatable bonds is 6. The zero-order chi connectivity index (χ0) is 22.9. The van der Waals surface area contributed by atoms with E-state index in [1.165, 1.54) is 6.34 Å². The summed E-state index contributed by atoms with van der Waals surface area (Å²) in [6.45, 7) is 2.99. The summed E-state index contributed by atoms with van der Waals surface area (Å²) in [4.78, 5) is 23.1. The number of urea groups is 1. The Morgan fingerprint density at radius 3 is 2.55 bits per heavy atom. The van der Waals surface area contributed by atoms with Crippen molar-refractivity contribution in [2.75, 3.05) is 45.2 Å². The predicted molar refractivity (Wildman–Crippen MR) is 130 cm³/mol. The Balaban J connectivity index is 1.44. The maximum absolute atomic E-state index is 12.8. The molecular formula is C25H28N6O2. The van der Waals surface area contributed by atoms with E-state index in [0.29, 0.717) is 12.4 Å². The maximum atomic E-state index is 12.8. The largest absolute Gasteiger partial charge is 0.369 e. The molecule has 33 heavy (non-hydrogen) atoms. The van der Waals surface area contributed by atoms with Gasteiger partial charge >= 0.3 is 6.03 Å². The van der Waals surface area contributed by atoms with Gasteiger partial charge in [-0.05, 0) is 43.9 Å². The van der Waals surface area contributed by atoms with Gasteiger partial charge in [-0.1, -0.05) is 30.3 Å². The van der Waals surface area contributed by atoms with Crippen molar-refractivity contribution in [3.63, 3.8) is 0 Å². The molecule has 0 spiro atoms. The number of carbonyl (C=O) groups excluding carboxylic acids is 1. The molecule has 5 rings (SSSR count). The van der Waals surface area contributed by atoms with Crippen LogP contribution >= 0.6 is 0 Å². The lowest BCUT2D eigenvalue weighted by molar-refractivity contribution is 0.164. The van der Waals surface area contributed by atoms with Gasteiger partial charge in [-0.2, -0.15) is 0 Å². The zero-order valence-electron chi connectivity index (χ0n) is 18.8. The van der Waals surface area contributed by atoms with E-state index in [0.717, 1.165) is 47.7 Å². The van der Waals surface area contributed by atoms with E-state index >= 15 is 0 Å². The van der Waals surface area contributed by atoms with Crippen LogP contribution in [0.15, 0.2) is 65.8 Å². The van der Waals surface area contributed by atoms with E-state index < -0.39 is 6.23 Å². The van der Waals surface area contributed by atoms with Gasteiger partial charge in [-0.3, -0.25) is 4.90 Å². The van der Waals surface area contributed by atoms with Crippen molar-refractivity contribution >= 4 is 23.9 Å². The molecule has 2 aliphatic rings. The molecule has 1 atom stereocenters. The van der Waals surface area contributed by atoms with Gasteiger partial charge in [0.2, 0.25) is 0 Å². The fourth-order valence-corrected chi connectivity index (χ4v) is 4.35. The van der Waals surface area contributed by atoms with Gasteiger partial charge in [0.1, 0.15) is 5.82 Å². The lowest BCUT2D eigenvalue weighted by atomic mass is 10.0. The minimum absolute atomic E-state index is 0.0474. The molecule has 1 fully saturated rings. The number of benzene rings is 2. The molecule has 3 aromatic rings. The topological polar surface area (TPSA) is 76.3 Å². The Labute approximate surface area is 193 Å². The second-order valence-corrected chi connectivity index (χ2v) is 8.58. The number of aliphatic hydroxyl groups is 1. The lowest BCUT2D eigenvalue weighted by Gasteiger charge is -2.20. The molecule has 2 aliphatic heterocycles. The summed E-state index contributed by atoms with van der Waals surface area (Å²) in [5.41, 5.74) is 4.45. The summed E-state index contributed by atoms with van der Waals surface area (Å²) < 4.78 is 1.99. The minimum atomic E-state index is -0.845. The van der Waals surface area contributed by atoms with Crippen LogP contribution in [0.2, 0.25) is 0 Å². The highest BCUT2D eigenvalue weighted by atomic mass is 16.3. The van der Waals surface area contributed by atoms with Gasteiger partial charge in [0.05, 0.1) is 11.9 Å². The third-order valence-corrected chi connectivity index (χ3v) is 6.15. The van der Waals surface area contributed by atoms with Gasteiger partial charge in [0, 0.05) is 49.3 Å². The van der Waals surface area contributed by atoms with E-state index in [1.807, 2.05) is 89.3 Å². The quantitative estimate of drug-likeness (QED) is 0.612. The van der Waals surface area contributed by atoms with Crippen LogP contribution in [-0.2, 0) is 0 Å². The molecule has 8 nitrogen and oxygen atoms in total. The smallest absolute Gasteiger partial charge is 0.324 e. The van der Waals surface area contributed by atoms with E-state index in [9.17, 15) is 9.90 Å². The molecule has 2 N–H and O–H groups in total. The zero-order valence-corrected chi connectivity index (χ0v) is 18.8. The number of carbonyl (C=O) groups is 1. The Bertz CT molecular complexity index is 1170. The van der Waals surface area contributed by atoms with Crippen LogP contribution in [0, 0.1) is 0 Å². The molecule has 2 aromatic carbocycles. The van der Waals surface area contributed by atoms with Crippen LogP contribution in [0.3, 0.4) is 0 Å². The van der Waals surface area contributed by atoms with Crippen LogP contribution in [-0.4, -0.2) is 72.1 Å². The Morgan fingerprint density at radius 1 is 1.06 bits per heavy atom. The molecule has 170 valence electrons. The maximum Gasteiger partial charge on any atom is 0.324 e. The van der Waals surface area contributed by atoms with Crippen molar-refractivity contribution in [2.24, 2.45) is 4.99 Å². The second-order valence-electron chi connectivity index (χ2n) is 8.58. The van der Waals surface area contributed by atoms with Crippen molar-refractivity contribution in [1.29, 1.82) is 0 Å². The molecule has 0 saturated carbocycles. The first-order chi connectivity index (χ1) is 16.0. The predicted octanol–water partition coefficient (Wildman–Crippen LogP) is 3.20. The fourth-order valence-electron chi connectivity index (χ4n) is 4.35. The first-order valence-corrected chi connectivity index (χ1v) is 11.1. The van der Waals surface area contributed by atoms with Gasteiger partial charge in [0.25, 0.3) is 0 Å². The third kappa shape index (κ3) is 3.99. The number of anilines is 1. The normalized spacial score (nSPS) is 17.6. The van der Waals surface area contributed by atoms with Gasteiger partial charge in [-0.25, -0.2) is 9.79 Å². The number of fused-ring (bicyclic) bond motifs is 1. The van der Waals surface area contributed by atoms with Crippen molar-refractivity contribution in [1.82, 2.24) is 19.7 Å². The molecule has 0 bridgehead atoms. The van der Waals surface area contributed by atoms with Crippen LogP contribution in [0.25, 0.3) is 16.8 Å². The number of hydrogen-bond acceptors (Lipinski definition) is 5. The molecule has 0 aliphatic carbocycles. The molecule has 3 heterocycles. The highest BCUT2D eigenvalue weighted by Gasteiger charge is 2.30. The average molecular weight is 445 g/mol. The summed E-state index contributed by atoms with van der Waals surface area (Å²) in [6.07, 6.45) is 2.69. The first kappa shape index (κ1) is 21.2. The van der Waals surface area contributed by atoms with Crippen LogP contribution in [0.1, 0.15) is 11.8 Å². The number of amides is 2. The van der Waals surface area contributed by atoms with Gasteiger partial charge in [0.15, 0.2) is 6.23 Å². The SMILES string of the molecule is CN(C)CCN1CCN(c2ccc(-c3cn(-c4ccccc4)c4c3C(O)NC=N4)cc2)C1=O. The number of hydrogen-bond donors (Lipinski definition) is 2. The second kappa shape index (κ2) is 8.73. The highest BCUT2D eigenvalue weighted by Crippen LogP contribution is 2.40. The van der Waals surface area contributed by atoms with Crippen LogP contribution < -0.4 is 10.2 Å². The minimum Gasteiger partial charge on any atom is -0.369 e. The monoisotopic (exact) mass is 444 g/mol. The average Bonchev–Trinajstić information content (AvgIpc) is 3.40. The number of likely N-dealkylation sites (N-methyl/N-ethyl adjacent to an activating group) is 1. The molecule has 1 aromatic heterocycles. The number of aliphatic imine (C=N–C) groups is 1. The van der Waals surface area contributed by atoms with Crippen molar-refractivity contribution in [2.45, 2.75) is 6.23 Å². The Kier molecular flexibility index (Phi) is 5.62. The van der Waals surface area contributed by atoms with Crippen molar-refractivity contribution in [3.8, 4) is 16.8 Å². The summed E-state index contributed by atoms with van der Waals surface area (Å²) in [6, 6.07) is 17.9. The number of aromatic nitrogens is 1. The van der Waals surface area contributed by atoms with Crippen molar-refractivity contribution in [3.05, 3.63) is 66.4 Å². The molecule has 1 unspecified atom stereocenters. The standard InChI is InChI=1S/C25H28N6O2/c1-28(2)12-13-29-14-15-30(25(29)33)20-10-8-18(9-11-20)21-16-31(19-6-4-3-5-7-19)23-22(21)24(32)27-17-26-23/h3-11,16-17,24,32H,12-15H2,1-2H3,(H,26,27). The number of para-hydroxylation sites is 1. The molecule has 1 saturated heterocycles. The van der Waals surface area contributed by atoms with E-state index in [2.05, 4.69) is 15.2 Å². The van der Waals surface area contributed by atoms with E-state index in [4.69, 9.17) is 0 Å². The van der Waals surface area contributed by atoms with Gasteiger partial charge < -0.3 is 24.8 Å². The fraction of sp³-hybridized carbons (Fsp3) is 0.280. The first-order valence-electron chi connectivity index (χ1n) is 11.1. The Morgan fingerprint density at radius 2 is 1.82 bits per heavy atom. The van der Waals surface area contributed by atoms with E-state index in [-0.39, 0.29) is 6.03 Å².